The highest BCUT2D eigenvalue weighted by Gasteiger charge is 2.36. The van der Waals surface area contributed by atoms with Crippen molar-refractivity contribution in [2.24, 2.45) is 5.92 Å². The Morgan fingerprint density at radius 2 is 2.31 bits per heavy atom. The second-order valence-electron chi connectivity index (χ2n) is 4.87. The van der Waals surface area contributed by atoms with Crippen LogP contribution in [-0.2, 0) is 9.53 Å². The molecule has 94 valence electrons. The Hall–Kier alpha value is -0.610. The Labute approximate surface area is 98.3 Å². The van der Waals surface area contributed by atoms with Gasteiger partial charge in [-0.15, -0.1) is 0 Å². The number of carbonyl (C=O) groups is 1. The molecule has 0 amide bonds. The minimum absolute atomic E-state index is 0.185. The molecule has 0 aliphatic carbocycles. The van der Waals surface area contributed by atoms with Crippen molar-refractivity contribution in [3.05, 3.63) is 0 Å². The highest BCUT2D eigenvalue weighted by atomic mass is 16.5. The Bertz CT molecular complexity index is 245. The fourth-order valence-electron chi connectivity index (χ4n) is 2.31. The van der Waals surface area contributed by atoms with Gasteiger partial charge in [0.25, 0.3) is 0 Å². The predicted octanol–water partition coefficient (Wildman–Crippen LogP) is 0.869. The maximum absolute atomic E-state index is 11.7. The normalized spacial score (nSPS) is 25.4. The lowest BCUT2D eigenvalue weighted by atomic mass is 10.0. The molecule has 1 aliphatic rings. The van der Waals surface area contributed by atoms with Crippen molar-refractivity contribution in [1.82, 2.24) is 10.2 Å². The van der Waals surface area contributed by atoms with Crippen molar-refractivity contribution in [2.75, 3.05) is 33.8 Å². The van der Waals surface area contributed by atoms with E-state index >= 15 is 0 Å². The number of likely N-dealkylation sites (N-methyl/N-ethyl adjacent to an activating group) is 1. The zero-order valence-electron chi connectivity index (χ0n) is 10.9. The third-order valence-electron chi connectivity index (χ3n) is 3.67. The first-order valence-corrected chi connectivity index (χ1v) is 6.05. The Balaban J connectivity index is 2.54. The average molecular weight is 228 g/mol. The number of hydrogen-bond acceptors (Lipinski definition) is 4. The SMILES string of the molecule is CCC1CCN(CC(C)(NC)C(=O)OC)C1. The van der Waals surface area contributed by atoms with E-state index in [2.05, 4.69) is 17.1 Å². The number of nitrogens with one attached hydrogen (secondary N) is 1. The summed E-state index contributed by atoms with van der Waals surface area (Å²) >= 11 is 0. The smallest absolute Gasteiger partial charge is 0.327 e. The van der Waals surface area contributed by atoms with Gasteiger partial charge in [-0.25, -0.2) is 0 Å². The zero-order valence-corrected chi connectivity index (χ0v) is 10.9. The maximum atomic E-state index is 11.7. The number of carbonyl (C=O) groups excluding carboxylic acids is 1. The van der Waals surface area contributed by atoms with E-state index < -0.39 is 5.54 Å². The lowest BCUT2D eigenvalue weighted by molar-refractivity contribution is -0.148. The highest BCUT2D eigenvalue weighted by Crippen LogP contribution is 2.21. The van der Waals surface area contributed by atoms with E-state index in [0.717, 1.165) is 25.6 Å². The molecule has 0 saturated carbocycles. The number of methoxy groups -OCH3 is 1. The molecular formula is C12H24N2O2. The van der Waals surface area contributed by atoms with Crippen LogP contribution in [0.3, 0.4) is 0 Å². The molecular weight excluding hydrogens is 204 g/mol. The van der Waals surface area contributed by atoms with Gasteiger partial charge in [-0.2, -0.15) is 0 Å². The summed E-state index contributed by atoms with van der Waals surface area (Å²) in [5.41, 5.74) is -0.586. The lowest BCUT2D eigenvalue weighted by Gasteiger charge is -2.30. The van der Waals surface area contributed by atoms with Crippen LogP contribution in [0.2, 0.25) is 0 Å². The van der Waals surface area contributed by atoms with Crippen molar-refractivity contribution < 1.29 is 9.53 Å². The molecule has 0 spiro atoms. The molecule has 0 radical (unpaired) electrons. The van der Waals surface area contributed by atoms with E-state index in [-0.39, 0.29) is 5.97 Å². The van der Waals surface area contributed by atoms with Gasteiger partial charge in [-0.1, -0.05) is 13.3 Å². The van der Waals surface area contributed by atoms with Gasteiger partial charge < -0.3 is 15.0 Å². The van der Waals surface area contributed by atoms with Crippen LogP contribution in [0.15, 0.2) is 0 Å². The number of ether oxygens (including phenoxy) is 1. The molecule has 16 heavy (non-hydrogen) atoms. The number of likely N-dealkylation sites (tertiary alicyclic amines) is 1. The first kappa shape index (κ1) is 13.5. The van der Waals surface area contributed by atoms with Crippen molar-refractivity contribution in [3.63, 3.8) is 0 Å². The van der Waals surface area contributed by atoms with Crippen molar-refractivity contribution >= 4 is 5.97 Å². The summed E-state index contributed by atoms with van der Waals surface area (Å²) in [6.45, 7) is 7.05. The van der Waals surface area contributed by atoms with Crippen molar-refractivity contribution in [2.45, 2.75) is 32.2 Å². The maximum Gasteiger partial charge on any atom is 0.327 e. The number of rotatable bonds is 5. The topological polar surface area (TPSA) is 41.6 Å². The molecule has 1 aliphatic heterocycles. The van der Waals surface area contributed by atoms with E-state index in [1.165, 1.54) is 20.0 Å². The fraction of sp³-hybridized carbons (Fsp3) is 0.917. The Morgan fingerprint density at radius 3 is 2.75 bits per heavy atom. The number of hydrogen-bond donors (Lipinski definition) is 1. The van der Waals surface area contributed by atoms with Gasteiger partial charge in [-0.05, 0) is 32.9 Å². The summed E-state index contributed by atoms with van der Waals surface area (Å²) in [4.78, 5) is 14.0. The van der Waals surface area contributed by atoms with Crippen LogP contribution in [-0.4, -0.2) is 50.2 Å². The van der Waals surface area contributed by atoms with Crippen molar-refractivity contribution in [3.8, 4) is 0 Å². The monoisotopic (exact) mass is 228 g/mol. The van der Waals surface area contributed by atoms with Crippen LogP contribution in [0, 0.1) is 5.92 Å². The van der Waals surface area contributed by atoms with Gasteiger partial charge in [-0.3, -0.25) is 4.79 Å². The zero-order chi connectivity index (χ0) is 12.2. The molecule has 1 saturated heterocycles. The summed E-state index contributed by atoms with van der Waals surface area (Å²) in [6.07, 6.45) is 2.47. The van der Waals surface area contributed by atoms with Crippen LogP contribution >= 0.6 is 0 Å². The minimum atomic E-state index is -0.586. The molecule has 0 aromatic carbocycles. The largest absolute Gasteiger partial charge is 0.468 e. The quantitative estimate of drug-likeness (QED) is 0.709. The minimum Gasteiger partial charge on any atom is -0.468 e. The van der Waals surface area contributed by atoms with Gasteiger partial charge in [0.1, 0.15) is 5.54 Å². The Kier molecular flexibility index (Phi) is 4.74. The van der Waals surface area contributed by atoms with Gasteiger partial charge in [0.15, 0.2) is 0 Å². The summed E-state index contributed by atoms with van der Waals surface area (Å²) in [5.74, 6) is 0.605. The molecule has 2 unspecified atom stereocenters. The molecule has 4 heteroatoms. The second kappa shape index (κ2) is 5.64. The average Bonchev–Trinajstić information content (AvgIpc) is 2.75. The molecule has 4 nitrogen and oxygen atoms in total. The van der Waals surface area contributed by atoms with Gasteiger partial charge in [0.2, 0.25) is 0 Å². The van der Waals surface area contributed by atoms with E-state index in [9.17, 15) is 4.79 Å². The Morgan fingerprint density at radius 1 is 1.62 bits per heavy atom. The van der Waals surface area contributed by atoms with Gasteiger partial charge in [0, 0.05) is 13.1 Å². The summed E-state index contributed by atoms with van der Waals surface area (Å²) in [5, 5.41) is 3.07. The van der Waals surface area contributed by atoms with E-state index in [1.807, 2.05) is 14.0 Å². The molecule has 1 heterocycles. The standard InChI is InChI=1S/C12H24N2O2/c1-5-10-6-7-14(8-10)9-12(2,13-3)11(15)16-4/h10,13H,5-9H2,1-4H3. The molecule has 1 fully saturated rings. The van der Waals surface area contributed by atoms with Gasteiger partial charge in [0.05, 0.1) is 7.11 Å². The third kappa shape index (κ3) is 2.95. The molecule has 2 atom stereocenters. The van der Waals surface area contributed by atoms with Crippen LogP contribution in [0.4, 0.5) is 0 Å². The van der Waals surface area contributed by atoms with Crippen LogP contribution in [0.5, 0.6) is 0 Å². The predicted molar refractivity (Wildman–Crippen MR) is 64.3 cm³/mol. The van der Waals surface area contributed by atoms with Crippen LogP contribution in [0.1, 0.15) is 26.7 Å². The van der Waals surface area contributed by atoms with E-state index in [0.29, 0.717) is 0 Å². The molecule has 1 N–H and O–H groups in total. The summed E-state index contributed by atoms with van der Waals surface area (Å²) in [7, 11) is 3.25. The lowest BCUT2D eigenvalue weighted by Crippen LogP contribution is -2.55. The molecule has 0 aromatic heterocycles. The second-order valence-corrected chi connectivity index (χ2v) is 4.87. The first-order chi connectivity index (χ1) is 7.55. The number of esters is 1. The van der Waals surface area contributed by atoms with E-state index in [1.54, 1.807) is 0 Å². The molecule has 1 rings (SSSR count). The fourth-order valence-corrected chi connectivity index (χ4v) is 2.31. The molecule has 0 aromatic rings. The first-order valence-electron chi connectivity index (χ1n) is 6.05. The highest BCUT2D eigenvalue weighted by molar-refractivity contribution is 5.80. The summed E-state index contributed by atoms with van der Waals surface area (Å²) in [6, 6.07) is 0. The van der Waals surface area contributed by atoms with Crippen molar-refractivity contribution in [1.29, 1.82) is 0 Å². The van der Waals surface area contributed by atoms with Crippen LogP contribution in [0.25, 0.3) is 0 Å². The third-order valence-corrected chi connectivity index (χ3v) is 3.67. The van der Waals surface area contributed by atoms with E-state index in [4.69, 9.17) is 4.74 Å². The van der Waals surface area contributed by atoms with Gasteiger partial charge >= 0.3 is 5.97 Å². The van der Waals surface area contributed by atoms with Crippen LogP contribution < -0.4 is 5.32 Å². The number of nitrogens with zero attached hydrogens (tertiary/aromatic N) is 1. The molecule has 0 bridgehead atoms. The summed E-state index contributed by atoms with van der Waals surface area (Å²) < 4.78 is 4.84.